The molecule has 2 N–H and O–H groups in total. The number of halogens is 1. The molecular formula is C12H13ClN4O2S. The van der Waals surface area contributed by atoms with Crippen LogP contribution in [0.5, 0.6) is 0 Å². The first-order chi connectivity index (χ1) is 9.50. The minimum absolute atomic E-state index is 0.00442. The number of nitrogens with zero attached hydrogens (tertiary/aromatic N) is 3. The maximum Gasteiger partial charge on any atom is 0.342 e. The lowest BCUT2D eigenvalue weighted by atomic mass is 10.3. The van der Waals surface area contributed by atoms with E-state index >= 15 is 0 Å². The zero-order valence-corrected chi connectivity index (χ0v) is 12.3. The van der Waals surface area contributed by atoms with Crippen molar-refractivity contribution in [3.05, 3.63) is 45.4 Å². The summed E-state index contributed by atoms with van der Waals surface area (Å²) < 4.78 is 1.57. The summed E-state index contributed by atoms with van der Waals surface area (Å²) in [7, 11) is 0. The van der Waals surface area contributed by atoms with Gasteiger partial charge >= 0.3 is 5.82 Å². The number of hydrogen-bond donors (Lipinski definition) is 1. The van der Waals surface area contributed by atoms with Gasteiger partial charge in [-0.25, -0.2) is 9.55 Å². The van der Waals surface area contributed by atoms with Gasteiger partial charge in [0.25, 0.3) is 0 Å². The van der Waals surface area contributed by atoms with E-state index in [1.54, 1.807) is 29.7 Å². The molecule has 0 radical (unpaired) electrons. The van der Waals surface area contributed by atoms with Crippen molar-refractivity contribution in [3.8, 4) is 0 Å². The second-order valence-electron chi connectivity index (χ2n) is 4.08. The van der Waals surface area contributed by atoms with Gasteiger partial charge in [-0.1, -0.05) is 17.7 Å². The molecule has 0 aliphatic heterocycles. The Morgan fingerprint density at radius 2 is 2.30 bits per heavy atom. The summed E-state index contributed by atoms with van der Waals surface area (Å²) in [6, 6.07) is 5.33. The van der Waals surface area contributed by atoms with Crippen LogP contribution in [0, 0.1) is 17.0 Å². The Morgan fingerprint density at radius 1 is 1.55 bits per heavy atom. The van der Waals surface area contributed by atoms with Crippen LogP contribution in [0.15, 0.2) is 29.3 Å². The number of aromatic nitrogens is 2. The van der Waals surface area contributed by atoms with Gasteiger partial charge in [-0.05, 0) is 17.1 Å². The van der Waals surface area contributed by atoms with E-state index in [4.69, 9.17) is 17.3 Å². The van der Waals surface area contributed by atoms with E-state index in [0.29, 0.717) is 28.8 Å². The highest BCUT2D eigenvalue weighted by Gasteiger charge is 2.17. The summed E-state index contributed by atoms with van der Waals surface area (Å²) in [5.74, 6) is 1.23. The number of anilines is 1. The molecule has 0 aliphatic carbocycles. The fourth-order valence-electron chi connectivity index (χ4n) is 1.80. The zero-order valence-electron chi connectivity index (χ0n) is 10.7. The van der Waals surface area contributed by atoms with Crippen LogP contribution < -0.4 is 5.73 Å². The molecule has 0 unspecified atom stereocenters. The number of imidazole rings is 1. The number of nitro groups is 1. The average Bonchev–Trinajstić information content (AvgIpc) is 2.75. The van der Waals surface area contributed by atoms with Gasteiger partial charge in [0, 0.05) is 23.3 Å². The predicted octanol–water partition coefficient (Wildman–Crippen LogP) is 3.13. The number of benzene rings is 1. The standard InChI is InChI=1S/C12H13ClN4O2S/c1-8-15-7-11(17(18)19)16(8)5-6-20-12-9(13)3-2-4-10(12)14/h2-4,7H,5-6,14H2,1H3. The van der Waals surface area contributed by atoms with Crippen molar-refractivity contribution in [3.63, 3.8) is 0 Å². The number of rotatable bonds is 5. The van der Waals surface area contributed by atoms with Crippen LogP contribution >= 0.6 is 23.4 Å². The number of nitrogen functional groups attached to an aromatic ring is 1. The van der Waals surface area contributed by atoms with Crippen molar-refractivity contribution < 1.29 is 4.92 Å². The Morgan fingerprint density at radius 3 is 2.95 bits per heavy atom. The predicted molar refractivity (Wildman–Crippen MR) is 80.2 cm³/mol. The van der Waals surface area contributed by atoms with Gasteiger partial charge in [0.05, 0.1) is 5.02 Å². The van der Waals surface area contributed by atoms with Crippen molar-refractivity contribution in [2.24, 2.45) is 0 Å². The highest BCUT2D eigenvalue weighted by molar-refractivity contribution is 7.99. The smallest absolute Gasteiger partial charge is 0.342 e. The molecule has 0 bridgehead atoms. The third-order valence-corrected chi connectivity index (χ3v) is 4.34. The molecule has 2 rings (SSSR count). The lowest BCUT2D eigenvalue weighted by molar-refractivity contribution is -0.392. The topological polar surface area (TPSA) is 87.0 Å². The highest BCUT2D eigenvalue weighted by atomic mass is 35.5. The molecule has 8 heteroatoms. The number of hydrogen-bond acceptors (Lipinski definition) is 5. The monoisotopic (exact) mass is 312 g/mol. The molecule has 0 atom stereocenters. The minimum Gasteiger partial charge on any atom is -0.398 e. The Balaban J connectivity index is 2.07. The molecule has 1 aromatic heterocycles. The first-order valence-electron chi connectivity index (χ1n) is 5.84. The number of thioether (sulfide) groups is 1. The maximum absolute atomic E-state index is 10.9. The molecule has 0 amide bonds. The van der Waals surface area contributed by atoms with Crippen LogP contribution in [-0.4, -0.2) is 20.2 Å². The van der Waals surface area contributed by atoms with Crippen LogP contribution in [0.1, 0.15) is 5.82 Å². The first-order valence-corrected chi connectivity index (χ1v) is 7.20. The molecule has 0 aliphatic rings. The summed E-state index contributed by atoms with van der Waals surface area (Å²) in [6.45, 7) is 2.21. The van der Waals surface area contributed by atoms with Crippen molar-refractivity contribution >= 4 is 34.9 Å². The summed E-state index contributed by atoms with van der Waals surface area (Å²) in [5, 5.41) is 11.5. The fourth-order valence-corrected chi connectivity index (χ4v) is 3.06. The molecule has 1 aromatic carbocycles. The molecule has 0 spiro atoms. The molecule has 1 heterocycles. The van der Waals surface area contributed by atoms with Crippen LogP contribution in [0.4, 0.5) is 11.5 Å². The number of nitrogens with two attached hydrogens (primary N) is 1. The van der Waals surface area contributed by atoms with Crippen molar-refractivity contribution in [1.29, 1.82) is 0 Å². The van der Waals surface area contributed by atoms with E-state index in [2.05, 4.69) is 4.98 Å². The van der Waals surface area contributed by atoms with E-state index in [9.17, 15) is 10.1 Å². The van der Waals surface area contributed by atoms with Gasteiger partial charge in [0.2, 0.25) is 0 Å². The molecule has 0 saturated carbocycles. The van der Waals surface area contributed by atoms with Crippen LogP contribution in [-0.2, 0) is 6.54 Å². The van der Waals surface area contributed by atoms with Gasteiger partial charge < -0.3 is 15.8 Å². The van der Waals surface area contributed by atoms with Crippen molar-refractivity contribution in [1.82, 2.24) is 9.55 Å². The second-order valence-corrected chi connectivity index (χ2v) is 5.59. The molecule has 106 valence electrons. The Bertz CT molecular complexity index is 624. The largest absolute Gasteiger partial charge is 0.398 e. The van der Waals surface area contributed by atoms with Gasteiger partial charge in [-0.3, -0.25) is 0 Å². The van der Waals surface area contributed by atoms with Crippen LogP contribution in [0.2, 0.25) is 5.02 Å². The van der Waals surface area contributed by atoms with Gasteiger partial charge in [-0.2, -0.15) is 0 Å². The lowest BCUT2D eigenvalue weighted by Crippen LogP contribution is -2.07. The lowest BCUT2D eigenvalue weighted by Gasteiger charge is -2.07. The van der Waals surface area contributed by atoms with E-state index in [1.165, 1.54) is 18.0 Å². The van der Waals surface area contributed by atoms with Gasteiger partial charge in [0.15, 0.2) is 5.82 Å². The van der Waals surface area contributed by atoms with E-state index in [1.807, 2.05) is 0 Å². The van der Waals surface area contributed by atoms with E-state index < -0.39 is 4.92 Å². The second kappa shape index (κ2) is 6.15. The third kappa shape index (κ3) is 3.05. The minimum atomic E-state index is -0.436. The Kier molecular flexibility index (Phi) is 4.51. The normalized spacial score (nSPS) is 10.7. The third-order valence-electron chi connectivity index (χ3n) is 2.78. The molecule has 2 aromatic rings. The first kappa shape index (κ1) is 14.7. The Labute approximate surface area is 125 Å². The molecule has 0 fully saturated rings. The van der Waals surface area contributed by atoms with Crippen molar-refractivity contribution in [2.45, 2.75) is 18.4 Å². The highest BCUT2D eigenvalue weighted by Crippen LogP contribution is 2.32. The molecule has 6 nitrogen and oxygen atoms in total. The van der Waals surface area contributed by atoms with Crippen LogP contribution in [0.3, 0.4) is 0 Å². The quantitative estimate of drug-likeness (QED) is 0.396. The van der Waals surface area contributed by atoms with E-state index in [0.717, 1.165) is 4.90 Å². The van der Waals surface area contributed by atoms with Gasteiger partial charge in [-0.15, -0.1) is 11.8 Å². The zero-order chi connectivity index (χ0) is 14.7. The van der Waals surface area contributed by atoms with Gasteiger partial charge in [0.1, 0.15) is 12.7 Å². The number of aryl methyl sites for hydroxylation is 1. The Hall–Kier alpha value is -1.73. The van der Waals surface area contributed by atoms with E-state index in [-0.39, 0.29) is 5.82 Å². The van der Waals surface area contributed by atoms with Crippen LogP contribution in [0.25, 0.3) is 0 Å². The SMILES string of the molecule is Cc1ncc([N+](=O)[O-])n1CCSc1c(N)cccc1Cl. The van der Waals surface area contributed by atoms with Crippen molar-refractivity contribution in [2.75, 3.05) is 11.5 Å². The molecule has 0 saturated heterocycles. The summed E-state index contributed by atoms with van der Waals surface area (Å²) in [6.07, 6.45) is 1.27. The maximum atomic E-state index is 10.9. The summed E-state index contributed by atoms with van der Waals surface area (Å²) >= 11 is 7.55. The molecule has 20 heavy (non-hydrogen) atoms. The summed E-state index contributed by atoms with van der Waals surface area (Å²) in [4.78, 5) is 15.2. The summed E-state index contributed by atoms with van der Waals surface area (Å²) in [5.41, 5.74) is 6.47. The average molecular weight is 313 g/mol. The molecular weight excluding hydrogens is 300 g/mol. The fraction of sp³-hybridized carbons (Fsp3) is 0.250.